The average Bonchev–Trinajstić information content (AvgIpc) is 3.25. The molecule has 0 spiro atoms. The van der Waals surface area contributed by atoms with Crippen LogP contribution in [0.5, 0.6) is 0 Å². The number of nitrogens with zero attached hydrogens (tertiary/aromatic N) is 6. The normalized spacial score (nSPS) is 11.4. The third kappa shape index (κ3) is 4.11. The Kier molecular flexibility index (Phi) is 4.91. The molecular formula is C16H16ClN7O3. The first kappa shape index (κ1) is 18.5. The highest BCUT2D eigenvalue weighted by Gasteiger charge is 2.30. The molecule has 3 rings (SSSR count). The fourth-order valence-electron chi connectivity index (χ4n) is 2.14. The number of hydrogen-bond donors (Lipinski definition) is 2. The van der Waals surface area contributed by atoms with Gasteiger partial charge in [-0.05, 0) is 43.3 Å². The Hall–Kier alpha value is -3.27. The zero-order valence-electron chi connectivity index (χ0n) is 14.5. The van der Waals surface area contributed by atoms with Gasteiger partial charge >= 0.3 is 5.97 Å². The first-order chi connectivity index (χ1) is 12.8. The highest BCUT2D eigenvalue weighted by atomic mass is 35.5. The maximum absolute atomic E-state index is 12.2. The number of carbonyl (C=O) groups is 2. The third-order valence-corrected chi connectivity index (χ3v) is 4.05. The van der Waals surface area contributed by atoms with Crippen molar-refractivity contribution in [1.29, 1.82) is 0 Å². The Morgan fingerprint density at radius 2 is 1.96 bits per heavy atom. The lowest BCUT2D eigenvalue weighted by atomic mass is 10.1. The number of amides is 1. The molecule has 3 aromatic rings. The fourth-order valence-corrected chi connectivity index (χ4v) is 2.27. The van der Waals surface area contributed by atoms with Crippen LogP contribution in [-0.2, 0) is 21.7 Å². The van der Waals surface area contributed by atoms with E-state index in [1.165, 1.54) is 30.9 Å². The van der Waals surface area contributed by atoms with Crippen LogP contribution in [0.25, 0.3) is 11.4 Å². The molecule has 0 aliphatic carbocycles. The predicted octanol–water partition coefficient (Wildman–Crippen LogP) is 1.65. The zero-order valence-corrected chi connectivity index (χ0v) is 15.3. The summed E-state index contributed by atoms with van der Waals surface area (Å²) in [5.41, 5.74) is -0.139. The summed E-state index contributed by atoms with van der Waals surface area (Å²) in [4.78, 5) is 24.6. The van der Waals surface area contributed by atoms with Crippen molar-refractivity contribution < 1.29 is 14.7 Å². The molecule has 0 aliphatic heterocycles. The summed E-state index contributed by atoms with van der Waals surface area (Å²) >= 11 is 5.84. The van der Waals surface area contributed by atoms with Crippen molar-refractivity contribution in [1.82, 2.24) is 30.0 Å². The van der Waals surface area contributed by atoms with Crippen LogP contribution in [0.2, 0.25) is 5.02 Å². The van der Waals surface area contributed by atoms with Gasteiger partial charge in [0.05, 0.1) is 11.9 Å². The minimum absolute atomic E-state index is 0.159. The lowest BCUT2D eigenvalue weighted by Gasteiger charge is -2.19. The van der Waals surface area contributed by atoms with E-state index in [-0.39, 0.29) is 6.54 Å². The Morgan fingerprint density at radius 3 is 2.63 bits per heavy atom. The lowest BCUT2D eigenvalue weighted by Crippen LogP contribution is -2.35. The second-order valence-electron chi connectivity index (χ2n) is 6.24. The van der Waals surface area contributed by atoms with Gasteiger partial charge in [0.25, 0.3) is 0 Å². The smallest absolute Gasteiger partial charge is 0.331 e. The zero-order chi connectivity index (χ0) is 19.6. The van der Waals surface area contributed by atoms with E-state index in [2.05, 4.69) is 25.8 Å². The number of carboxylic acid groups (broad SMARTS) is 1. The maximum atomic E-state index is 12.2. The number of carboxylic acids is 1. The first-order valence-corrected chi connectivity index (χ1v) is 8.25. The van der Waals surface area contributed by atoms with E-state index < -0.39 is 17.4 Å². The van der Waals surface area contributed by atoms with Gasteiger partial charge in [0.2, 0.25) is 11.7 Å². The van der Waals surface area contributed by atoms with Crippen LogP contribution in [0.15, 0.2) is 36.7 Å². The maximum Gasteiger partial charge on any atom is 0.331 e. The number of nitrogens with one attached hydrogen (secondary N) is 1. The number of benzene rings is 1. The molecule has 0 atom stereocenters. The standard InChI is InChI=1S/C16H16ClN7O3/c1-16(2,15(26)27)23-8-12(7-18-23)19-13(25)9-24-21-14(20-22-24)10-3-5-11(17)6-4-10/h3-8H,9H2,1-2H3,(H,19,25)(H,26,27). The summed E-state index contributed by atoms with van der Waals surface area (Å²) in [6.07, 6.45) is 2.82. The molecule has 10 nitrogen and oxygen atoms in total. The molecule has 2 aromatic heterocycles. The Balaban J connectivity index is 1.64. The summed E-state index contributed by atoms with van der Waals surface area (Å²) < 4.78 is 1.26. The number of aliphatic carboxylic acids is 1. The quantitative estimate of drug-likeness (QED) is 0.655. The van der Waals surface area contributed by atoms with Gasteiger partial charge in [-0.15, -0.1) is 10.2 Å². The molecule has 1 amide bonds. The Bertz CT molecular complexity index is 978. The SMILES string of the molecule is CC(C)(C(=O)O)n1cc(NC(=O)Cn2nnc(-c3ccc(Cl)cc3)n2)cn1. The molecule has 0 radical (unpaired) electrons. The van der Waals surface area contributed by atoms with Crippen LogP contribution in [0.1, 0.15) is 13.8 Å². The number of aromatic nitrogens is 6. The van der Waals surface area contributed by atoms with Crippen LogP contribution < -0.4 is 5.32 Å². The number of hydrogen-bond acceptors (Lipinski definition) is 6. The number of halogens is 1. The van der Waals surface area contributed by atoms with Gasteiger partial charge in [0.15, 0.2) is 5.54 Å². The van der Waals surface area contributed by atoms with Gasteiger partial charge < -0.3 is 10.4 Å². The van der Waals surface area contributed by atoms with Gasteiger partial charge in [0.1, 0.15) is 6.54 Å². The van der Waals surface area contributed by atoms with E-state index in [9.17, 15) is 14.7 Å². The topological polar surface area (TPSA) is 128 Å². The van der Waals surface area contributed by atoms with Crippen LogP contribution in [0.4, 0.5) is 5.69 Å². The summed E-state index contributed by atoms with van der Waals surface area (Å²) in [7, 11) is 0. The number of rotatable bonds is 6. The van der Waals surface area contributed by atoms with Crippen molar-refractivity contribution in [3.8, 4) is 11.4 Å². The van der Waals surface area contributed by atoms with Gasteiger partial charge in [0, 0.05) is 16.8 Å². The van der Waals surface area contributed by atoms with Crippen molar-refractivity contribution in [3.63, 3.8) is 0 Å². The number of carbonyl (C=O) groups excluding carboxylic acids is 1. The first-order valence-electron chi connectivity index (χ1n) is 7.88. The molecule has 0 fully saturated rings. The molecule has 140 valence electrons. The molecule has 0 unspecified atom stereocenters. The molecule has 0 aliphatic rings. The molecule has 0 bridgehead atoms. The van der Waals surface area contributed by atoms with E-state index >= 15 is 0 Å². The molecule has 11 heteroatoms. The summed E-state index contributed by atoms with van der Waals surface area (Å²) in [6, 6.07) is 6.92. The summed E-state index contributed by atoms with van der Waals surface area (Å²) in [6.45, 7) is 2.85. The van der Waals surface area contributed by atoms with Gasteiger partial charge in [-0.2, -0.15) is 9.90 Å². The summed E-state index contributed by atoms with van der Waals surface area (Å²) in [5.74, 6) is -1.07. The summed E-state index contributed by atoms with van der Waals surface area (Å²) in [5, 5.41) is 28.3. The largest absolute Gasteiger partial charge is 0.479 e. The van der Waals surface area contributed by atoms with E-state index in [0.29, 0.717) is 16.5 Å². The van der Waals surface area contributed by atoms with Gasteiger partial charge in [-0.3, -0.25) is 9.48 Å². The van der Waals surface area contributed by atoms with E-state index in [1.54, 1.807) is 24.3 Å². The van der Waals surface area contributed by atoms with E-state index in [0.717, 1.165) is 10.4 Å². The van der Waals surface area contributed by atoms with Crippen LogP contribution in [-0.4, -0.2) is 47.0 Å². The highest BCUT2D eigenvalue weighted by Crippen LogP contribution is 2.18. The second kappa shape index (κ2) is 7.16. The van der Waals surface area contributed by atoms with Crippen LogP contribution in [0, 0.1) is 0 Å². The molecular weight excluding hydrogens is 374 g/mol. The minimum Gasteiger partial charge on any atom is -0.479 e. The molecule has 2 N–H and O–H groups in total. The third-order valence-electron chi connectivity index (χ3n) is 3.80. The lowest BCUT2D eigenvalue weighted by molar-refractivity contribution is -0.146. The monoisotopic (exact) mass is 389 g/mol. The predicted molar refractivity (Wildman–Crippen MR) is 96.1 cm³/mol. The van der Waals surface area contributed by atoms with Gasteiger partial charge in [-0.1, -0.05) is 11.6 Å². The van der Waals surface area contributed by atoms with Crippen molar-refractivity contribution in [2.24, 2.45) is 0 Å². The van der Waals surface area contributed by atoms with Crippen molar-refractivity contribution in [3.05, 3.63) is 41.7 Å². The molecule has 0 saturated heterocycles. The molecule has 0 saturated carbocycles. The van der Waals surface area contributed by atoms with E-state index in [1.807, 2.05) is 0 Å². The van der Waals surface area contributed by atoms with Crippen molar-refractivity contribution >= 4 is 29.2 Å². The van der Waals surface area contributed by atoms with Gasteiger partial charge in [-0.25, -0.2) is 4.79 Å². The molecule has 2 heterocycles. The number of anilines is 1. The minimum atomic E-state index is -1.23. The Labute approximate surface area is 158 Å². The average molecular weight is 390 g/mol. The van der Waals surface area contributed by atoms with Crippen molar-refractivity contribution in [2.45, 2.75) is 25.9 Å². The fraction of sp³-hybridized carbons (Fsp3) is 0.250. The molecule has 1 aromatic carbocycles. The second-order valence-corrected chi connectivity index (χ2v) is 6.67. The van der Waals surface area contributed by atoms with Crippen molar-refractivity contribution in [2.75, 3.05) is 5.32 Å². The van der Waals surface area contributed by atoms with Crippen LogP contribution >= 0.6 is 11.6 Å². The van der Waals surface area contributed by atoms with E-state index in [4.69, 9.17) is 11.6 Å². The van der Waals surface area contributed by atoms with Crippen LogP contribution in [0.3, 0.4) is 0 Å². The Morgan fingerprint density at radius 1 is 1.26 bits per heavy atom. The highest BCUT2D eigenvalue weighted by molar-refractivity contribution is 6.30. The molecule has 27 heavy (non-hydrogen) atoms. The number of tetrazole rings is 1.